The topological polar surface area (TPSA) is 12.0 Å². The fourth-order valence-electron chi connectivity index (χ4n) is 1.05. The third-order valence-corrected chi connectivity index (χ3v) is 1.45. The molecule has 0 saturated carbocycles. The molecule has 1 rings (SSSR count). The van der Waals surface area contributed by atoms with E-state index in [9.17, 15) is 0 Å². The molecule has 0 bridgehead atoms. The Morgan fingerprint density at radius 2 is 2.20 bits per heavy atom. The van der Waals surface area contributed by atoms with Gasteiger partial charge in [0.2, 0.25) is 0 Å². The van der Waals surface area contributed by atoms with Crippen molar-refractivity contribution < 1.29 is 0 Å². The minimum Gasteiger partial charge on any atom is -0.383 e. The van der Waals surface area contributed by atoms with Crippen LogP contribution in [0.4, 0.5) is 0 Å². The first kappa shape index (κ1) is 7.39. The summed E-state index contributed by atoms with van der Waals surface area (Å²) in [7, 11) is 0. The summed E-state index contributed by atoms with van der Waals surface area (Å²) in [5.41, 5.74) is 1.28. The second-order valence-electron chi connectivity index (χ2n) is 2.94. The van der Waals surface area contributed by atoms with Gasteiger partial charge in [-0.1, -0.05) is 12.2 Å². The van der Waals surface area contributed by atoms with Gasteiger partial charge in [-0.05, 0) is 32.8 Å². The van der Waals surface area contributed by atoms with Crippen LogP contribution in [0.1, 0.15) is 26.7 Å². The summed E-state index contributed by atoms with van der Waals surface area (Å²) in [4.78, 5) is 0. The molecule has 56 valence electrons. The van der Waals surface area contributed by atoms with Crippen molar-refractivity contribution in [2.24, 2.45) is 0 Å². The standard InChI is InChI=1S/C9H15N/c1-8(2)10-9-6-4-3-5-7-9/h4,6-8,10H,3,5H2,1-2H3. The van der Waals surface area contributed by atoms with Crippen LogP contribution in [0.2, 0.25) is 0 Å². The van der Waals surface area contributed by atoms with E-state index in [1.165, 1.54) is 18.5 Å². The number of hydrogen-bond acceptors (Lipinski definition) is 1. The fourth-order valence-corrected chi connectivity index (χ4v) is 1.05. The minimum absolute atomic E-state index is 0.550. The largest absolute Gasteiger partial charge is 0.383 e. The lowest BCUT2D eigenvalue weighted by Crippen LogP contribution is -2.21. The first-order valence-corrected chi connectivity index (χ1v) is 3.92. The Bertz CT molecular complexity index is 154. The Morgan fingerprint density at radius 3 is 2.70 bits per heavy atom. The lowest BCUT2D eigenvalue weighted by molar-refractivity contribution is 0.674. The van der Waals surface area contributed by atoms with Crippen LogP contribution in [-0.2, 0) is 0 Å². The van der Waals surface area contributed by atoms with Gasteiger partial charge < -0.3 is 5.32 Å². The molecule has 1 nitrogen and oxygen atoms in total. The SMILES string of the molecule is CC(C)NC1=CCCC=C1. The summed E-state index contributed by atoms with van der Waals surface area (Å²) >= 11 is 0. The van der Waals surface area contributed by atoms with Crippen LogP contribution >= 0.6 is 0 Å². The quantitative estimate of drug-likeness (QED) is 0.615. The third kappa shape index (κ3) is 2.26. The second-order valence-corrected chi connectivity index (χ2v) is 2.94. The Morgan fingerprint density at radius 1 is 1.40 bits per heavy atom. The van der Waals surface area contributed by atoms with Gasteiger partial charge in [-0.25, -0.2) is 0 Å². The number of allylic oxidation sites excluding steroid dienone is 3. The molecule has 1 N–H and O–H groups in total. The van der Waals surface area contributed by atoms with Gasteiger partial charge >= 0.3 is 0 Å². The monoisotopic (exact) mass is 137 g/mol. The maximum Gasteiger partial charge on any atom is 0.0298 e. The lowest BCUT2D eigenvalue weighted by atomic mass is 10.1. The predicted octanol–water partition coefficient (Wildman–Crippen LogP) is 2.22. The van der Waals surface area contributed by atoms with Gasteiger partial charge in [0, 0.05) is 11.7 Å². The van der Waals surface area contributed by atoms with E-state index in [2.05, 4.69) is 37.4 Å². The van der Waals surface area contributed by atoms with Crippen molar-refractivity contribution in [1.82, 2.24) is 5.32 Å². The van der Waals surface area contributed by atoms with Crippen LogP contribution in [0, 0.1) is 0 Å². The van der Waals surface area contributed by atoms with Crippen LogP contribution < -0.4 is 5.32 Å². The summed E-state index contributed by atoms with van der Waals surface area (Å²) in [6, 6.07) is 0.550. The first-order valence-electron chi connectivity index (χ1n) is 3.92. The molecule has 0 aliphatic heterocycles. The highest BCUT2D eigenvalue weighted by Gasteiger charge is 1.96. The van der Waals surface area contributed by atoms with Crippen LogP contribution in [0.15, 0.2) is 23.9 Å². The van der Waals surface area contributed by atoms with Crippen molar-refractivity contribution in [3.8, 4) is 0 Å². The van der Waals surface area contributed by atoms with Crippen molar-refractivity contribution in [3.63, 3.8) is 0 Å². The zero-order valence-electron chi connectivity index (χ0n) is 6.72. The van der Waals surface area contributed by atoms with Crippen molar-refractivity contribution in [3.05, 3.63) is 23.9 Å². The van der Waals surface area contributed by atoms with Gasteiger partial charge in [-0.3, -0.25) is 0 Å². The van der Waals surface area contributed by atoms with Crippen LogP contribution in [-0.4, -0.2) is 6.04 Å². The maximum absolute atomic E-state index is 3.36. The Kier molecular flexibility index (Phi) is 2.55. The first-order chi connectivity index (χ1) is 4.79. The van der Waals surface area contributed by atoms with Crippen molar-refractivity contribution in [2.75, 3.05) is 0 Å². The second kappa shape index (κ2) is 3.45. The molecule has 1 aliphatic rings. The highest BCUT2D eigenvalue weighted by atomic mass is 14.9. The lowest BCUT2D eigenvalue weighted by Gasteiger charge is -2.12. The zero-order chi connectivity index (χ0) is 7.40. The Balaban J connectivity index is 2.40. The molecule has 0 aromatic carbocycles. The van der Waals surface area contributed by atoms with Crippen LogP contribution in [0.3, 0.4) is 0 Å². The molecule has 1 heteroatoms. The van der Waals surface area contributed by atoms with E-state index in [0.29, 0.717) is 6.04 Å². The summed E-state index contributed by atoms with van der Waals surface area (Å²) in [6.45, 7) is 4.31. The summed E-state index contributed by atoms with van der Waals surface area (Å²) in [5.74, 6) is 0. The third-order valence-electron chi connectivity index (χ3n) is 1.45. The van der Waals surface area contributed by atoms with E-state index in [4.69, 9.17) is 0 Å². The molecule has 0 saturated heterocycles. The number of hydrogen-bond donors (Lipinski definition) is 1. The van der Waals surface area contributed by atoms with Gasteiger partial charge in [0.1, 0.15) is 0 Å². The molecule has 0 fully saturated rings. The van der Waals surface area contributed by atoms with Gasteiger partial charge in [0.05, 0.1) is 0 Å². The van der Waals surface area contributed by atoms with Gasteiger partial charge in [-0.15, -0.1) is 0 Å². The number of nitrogens with one attached hydrogen (secondary N) is 1. The van der Waals surface area contributed by atoms with E-state index < -0.39 is 0 Å². The maximum atomic E-state index is 3.36. The average Bonchev–Trinajstić information content (AvgIpc) is 1.88. The molecule has 0 radical (unpaired) electrons. The summed E-state index contributed by atoms with van der Waals surface area (Å²) < 4.78 is 0. The Labute approximate surface area is 62.8 Å². The fraction of sp³-hybridized carbons (Fsp3) is 0.556. The van der Waals surface area contributed by atoms with Crippen LogP contribution in [0.5, 0.6) is 0 Å². The molecule has 0 spiro atoms. The molecular formula is C9H15N. The van der Waals surface area contributed by atoms with Crippen molar-refractivity contribution in [1.29, 1.82) is 0 Å². The highest BCUT2D eigenvalue weighted by Crippen LogP contribution is 2.06. The van der Waals surface area contributed by atoms with Gasteiger partial charge in [0.15, 0.2) is 0 Å². The zero-order valence-corrected chi connectivity index (χ0v) is 6.72. The van der Waals surface area contributed by atoms with E-state index in [1.54, 1.807) is 0 Å². The van der Waals surface area contributed by atoms with E-state index in [-0.39, 0.29) is 0 Å². The van der Waals surface area contributed by atoms with Gasteiger partial charge in [-0.2, -0.15) is 0 Å². The molecule has 0 heterocycles. The smallest absolute Gasteiger partial charge is 0.0298 e. The molecule has 10 heavy (non-hydrogen) atoms. The molecule has 0 aromatic rings. The number of rotatable bonds is 2. The predicted molar refractivity (Wildman–Crippen MR) is 44.7 cm³/mol. The minimum atomic E-state index is 0.550. The highest BCUT2D eigenvalue weighted by molar-refractivity contribution is 5.20. The molecule has 0 atom stereocenters. The Hall–Kier alpha value is -0.720. The van der Waals surface area contributed by atoms with Crippen molar-refractivity contribution >= 4 is 0 Å². The molecule has 0 aromatic heterocycles. The molecule has 0 amide bonds. The molecule has 0 unspecified atom stereocenters. The summed E-state index contributed by atoms with van der Waals surface area (Å²) in [5, 5.41) is 3.36. The molecular weight excluding hydrogens is 122 g/mol. The summed E-state index contributed by atoms with van der Waals surface area (Å²) in [6.07, 6.45) is 9.00. The average molecular weight is 137 g/mol. The van der Waals surface area contributed by atoms with Crippen molar-refractivity contribution in [2.45, 2.75) is 32.7 Å². The molecule has 1 aliphatic carbocycles. The van der Waals surface area contributed by atoms with E-state index >= 15 is 0 Å². The van der Waals surface area contributed by atoms with Gasteiger partial charge in [0.25, 0.3) is 0 Å². The van der Waals surface area contributed by atoms with E-state index in [1.807, 2.05) is 0 Å². The van der Waals surface area contributed by atoms with E-state index in [0.717, 1.165) is 0 Å². The van der Waals surface area contributed by atoms with Crippen LogP contribution in [0.25, 0.3) is 0 Å². The normalized spacial score (nSPS) is 17.3.